The summed E-state index contributed by atoms with van der Waals surface area (Å²) in [5.74, 6) is 0.905. The average Bonchev–Trinajstić information content (AvgIpc) is 2.82. The zero-order chi connectivity index (χ0) is 26.5. The summed E-state index contributed by atoms with van der Waals surface area (Å²) in [5.41, 5.74) is 3.06. The summed E-state index contributed by atoms with van der Waals surface area (Å²) >= 11 is 12.1. The Kier molecular flexibility index (Phi) is 8.80. The van der Waals surface area contributed by atoms with E-state index in [4.69, 9.17) is 37.8 Å². The minimum atomic E-state index is -3.73. The van der Waals surface area contributed by atoms with Gasteiger partial charge in [-0.05, 0) is 47.9 Å². The lowest BCUT2D eigenvalue weighted by Crippen LogP contribution is -2.19. The van der Waals surface area contributed by atoms with Crippen LogP contribution in [0.5, 0.6) is 11.5 Å². The number of aryl methyl sites for hydroxylation is 1. The van der Waals surface area contributed by atoms with Crippen molar-refractivity contribution in [3.63, 3.8) is 0 Å². The normalized spacial score (nSPS) is 11.7. The molecular weight excluding hydrogens is 523 g/mol. The molecular formula is C25H26Cl2N4O4S. The number of hydrogen-bond donors (Lipinski definition) is 1. The van der Waals surface area contributed by atoms with E-state index < -0.39 is 21.2 Å². The molecule has 0 unspecified atom stereocenters. The third kappa shape index (κ3) is 6.86. The van der Waals surface area contributed by atoms with Gasteiger partial charge < -0.3 is 9.47 Å². The number of halogens is 2. The summed E-state index contributed by atoms with van der Waals surface area (Å²) in [6, 6.07) is 13.3. The summed E-state index contributed by atoms with van der Waals surface area (Å²) in [6.45, 7) is 6.28. The zero-order valence-electron chi connectivity index (χ0n) is 20.1. The van der Waals surface area contributed by atoms with Crippen molar-refractivity contribution in [3.8, 4) is 17.6 Å². The smallest absolute Gasteiger partial charge is 0.216 e. The van der Waals surface area contributed by atoms with Gasteiger partial charge in [-0.1, -0.05) is 37.6 Å². The molecule has 0 saturated heterocycles. The Hall–Kier alpha value is -2.90. The number of alkyl halides is 1. The van der Waals surface area contributed by atoms with Gasteiger partial charge in [-0.25, -0.2) is 23.5 Å². The summed E-state index contributed by atoms with van der Waals surface area (Å²) < 4.78 is 34.1. The molecule has 0 aliphatic rings. The van der Waals surface area contributed by atoms with Gasteiger partial charge >= 0.3 is 0 Å². The van der Waals surface area contributed by atoms with Crippen LogP contribution in [-0.4, -0.2) is 30.9 Å². The highest BCUT2D eigenvalue weighted by atomic mass is 35.5. The van der Waals surface area contributed by atoms with Crippen LogP contribution in [0, 0.1) is 18.3 Å². The summed E-state index contributed by atoms with van der Waals surface area (Å²) in [4.78, 5) is 8.28. The van der Waals surface area contributed by atoms with E-state index in [2.05, 4.69) is 16.0 Å². The number of benzene rings is 2. The van der Waals surface area contributed by atoms with E-state index >= 15 is 0 Å². The fraction of sp³-hybridized carbons (Fsp3) is 0.320. The number of nitrogens with two attached hydrogens (primary N) is 1. The van der Waals surface area contributed by atoms with Gasteiger partial charge in [0.25, 0.3) is 0 Å². The Morgan fingerprint density at radius 3 is 2.44 bits per heavy atom. The molecule has 11 heteroatoms. The molecule has 0 amide bonds. The van der Waals surface area contributed by atoms with Crippen LogP contribution in [0.4, 0.5) is 0 Å². The van der Waals surface area contributed by atoms with E-state index in [9.17, 15) is 13.7 Å². The van der Waals surface area contributed by atoms with Crippen LogP contribution >= 0.6 is 23.2 Å². The molecule has 0 bridgehead atoms. The first-order chi connectivity index (χ1) is 16.9. The van der Waals surface area contributed by atoms with Crippen molar-refractivity contribution in [3.05, 3.63) is 81.4 Å². The van der Waals surface area contributed by atoms with E-state index in [-0.39, 0.29) is 24.9 Å². The molecule has 1 aromatic heterocycles. The lowest BCUT2D eigenvalue weighted by Gasteiger charge is -2.27. The number of ether oxygens (including phenoxy) is 2. The van der Waals surface area contributed by atoms with Crippen molar-refractivity contribution in [2.75, 3.05) is 12.5 Å². The van der Waals surface area contributed by atoms with Crippen molar-refractivity contribution in [2.24, 2.45) is 5.14 Å². The van der Waals surface area contributed by atoms with Crippen LogP contribution in [0.3, 0.4) is 0 Å². The van der Waals surface area contributed by atoms with Crippen molar-refractivity contribution >= 4 is 33.2 Å². The summed E-state index contributed by atoms with van der Waals surface area (Å²) in [6.07, 6.45) is 1.55. The van der Waals surface area contributed by atoms with Gasteiger partial charge in [0.15, 0.2) is 5.75 Å². The molecule has 190 valence electrons. The van der Waals surface area contributed by atoms with E-state index in [1.54, 1.807) is 18.3 Å². The predicted molar refractivity (Wildman–Crippen MR) is 139 cm³/mol. The molecule has 36 heavy (non-hydrogen) atoms. The maximum atomic E-state index is 11.3. The molecule has 3 rings (SSSR count). The monoisotopic (exact) mass is 548 g/mol. The van der Waals surface area contributed by atoms with Gasteiger partial charge in [-0.15, -0.1) is 11.6 Å². The molecule has 0 aliphatic heterocycles. The number of rotatable bonds is 10. The molecule has 0 saturated carbocycles. The van der Waals surface area contributed by atoms with E-state index in [0.29, 0.717) is 27.8 Å². The van der Waals surface area contributed by atoms with E-state index in [1.807, 2.05) is 45.0 Å². The predicted octanol–water partition coefficient (Wildman–Crippen LogP) is 4.62. The molecule has 2 N–H and O–H groups in total. The number of sulfonamides is 1. The second-order valence-electron chi connectivity index (χ2n) is 8.65. The number of aromatic nitrogens is 2. The van der Waals surface area contributed by atoms with Crippen LogP contribution < -0.4 is 14.6 Å². The van der Waals surface area contributed by atoms with Crippen LogP contribution in [0.1, 0.15) is 47.6 Å². The highest BCUT2D eigenvalue weighted by Gasteiger charge is 2.26. The molecule has 0 radical (unpaired) electrons. The number of nitriles is 1. The summed E-state index contributed by atoms with van der Waals surface area (Å²) in [5, 5.41) is 15.0. The Balaban J connectivity index is 1.78. The average molecular weight is 549 g/mol. The molecule has 8 nitrogen and oxygen atoms in total. The van der Waals surface area contributed by atoms with Gasteiger partial charge in [0.2, 0.25) is 10.0 Å². The van der Waals surface area contributed by atoms with Crippen LogP contribution in [0.15, 0.2) is 42.6 Å². The lowest BCUT2D eigenvalue weighted by molar-refractivity contribution is 0.299. The molecule has 3 aromatic rings. The Labute approximate surface area is 221 Å². The van der Waals surface area contributed by atoms with Crippen molar-refractivity contribution in [2.45, 2.75) is 38.5 Å². The third-order valence-corrected chi connectivity index (χ3v) is 6.71. The van der Waals surface area contributed by atoms with Gasteiger partial charge in [-0.2, -0.15) is 5.26 Å². The minimum absolute atomic E-state index is 0.119. The Morgan fingerprint density at radius 2 is 1.83 bits per heavy atom. The van der Waals surface area contributed by atoms with Gasteiger partial charge in [0.1, 0.15) is 36.6 Å². The fourth-order valence-electron chi connectivity index (χ4n) is 3.53. The van der Waals surface area contributed by atoms with Crippen molar-refractivity contribution in [1.82, 2.24) is 9.97 Å². The van der Waals surface area contributed by atoms with Crippen LogP contribution in [0.2, 0.25) is 5.02 Å². The van der Waals surface area contributed by atoms with Crippen molar-refractivity contribution < 1.29 is 17.9 Å². The van der Waals surface area contributed by atoms with Gasteiger partial charge in [0, 0.05) is 11.6 Å². The number of primary sulfonamides is 1. The molecule has 0 aliphatic carbocycles. The first kappa shape index (κ1) is 27.7. The highest BCUT2D eigenvalue weighted by Crippen LogP contribution is 2.38. The third-order valence-electron chi connectivity index (χ3n) is 5.62. The standard InChI is InChI=1S/C25H26Cl2N4O4S/c1-16-13-30-23(15-36(29,32)33)31-22(16)14-35-20-6-4-18(5-7-20)25(2,3)19-10-17(12-28)24(21(27)11-19)34-9-8-26/h4-7,10-11,13H,8-9,14-15H2,1-3H3,(H2,29,32,33). The van der Waals surface area contributed by atoms with Crippen LogP contribution in [-0.2, 0) is 27.8 Å². The number of nitrogens with zero attached hydrogens (tertiary/aromatic N) is 3. The fourth-order valence-corrected chi connectivity index (χ4v) is 4.38. The molecule has 0 fully saturated rings. The van der Waals surface area contributed by atoms with Crippen molar-refractivity contribution in [1.29, 1.82) is 5.26 Å². The Morgan fingerprint density at radius 1 is 1.14 bits per heavy atom. The van der Waals surface area contributed by atoms with Crippen LogP contribution in [0.25, 0.3) is 0 Å². The topological polar surface area (TPSA) is 128 Å². The molecule has 2 aromatic carbocycles. The SMILES string of the molecule is Cc1cnc(CS(N)(=O)=O)nc1COc1ccc(C(C)(C)c2cc(Cl)c(OCCCl)c(C#N)c2)cc1. The summed E-state index contributed by atoms with van der Waals surface area (Å²) in [7, 11) is -3.73. The molecule has 1 heterocycles. The first-order valence-electron chi connectivity index (χ1n) is 10.9. The maximum Gasteiger partial charge on any atom is 0.216 e. The zero-order valence-corrected chi connectivity index (χ0v) is 22.4. The van der Waals surface area contributed by atoms with Gasteiger partial charge in [0.05, 0.1) is 22.2 Å². The quantitative estimate of drug-likeness (QED) is 0.366. The van der Waals surface area contributed by atoms with Gasteiger partial charge in [-0.3, -0.25) is 0 Å². The second-order valence-corrected chi connectivity index (χ2v) is 11.0. The molecule has 0 atom stereocenters. The second kappa shape index (κ2) is 11.4. The minimum Gasteiger partial charge on any atom is -0.489 e. The highest BCUT2D eigenvalue weighted by molar-refractivity contribution is 7.88. The largest absolute Gasteiger partial charge is 0.489 e. The Bertz CT molecular complexity index is 1390. The first-order valence-corrected chi connectivity index (χ1v) is 13.6. The lowest BCUT2D eigenvalue weighted by atomic mass is 9.77. The van der Waals surface area contributed by atoms with E-state index in [1.165, 1.54) is 0 Å². The maximum absolute atomic E-state index is 11.3. The molecule has 0 spiro atoms. The van der Waals surface area contributed by atoms with E-state index in [0.717, 1.165) is 16.7 Å². The number of hydrogen-bond acceptors (Lipinski definition) is 7.